The van der Waals surface area contributed by atoms with Crippen molar-refractivity contribution in [3.63, 3.8) is 0 Å². The van der Waals surface area contributed by atoms with E-state index in [-0.39, 0.29) is 24.0 Å². The number of amides is 2. The quantitative estimate of drug-likeness (QED) is 0.773. The van der Waals surface area contributed by atoms with Crippen LogP contribution in [0.25, 0.3) is 0 Å². The lowest BCUT2D eigenvalue weighted by Crippen LogP contribution is -2.53. The number of carbonyl (C=O) groups is 2. The van der Waals surface area contributed by atoms with Crippen LogP contribution in [0.4, 0.5) is 15.0 Å². The van der Waals surface area contributed by atoms with Crippen molar-refractivity contribution >= 4 is 17.8 Å². The number of aromatic nitrogens is 2. The summed E-state index contributed by atoms with van der Waals surface area (Å²) in [7, 11) is 3.17. The van der Waals surface area contributed by atoms with Crippen LogP contribution in [-0.4, -0.2) is 58.7 Å². The first-order valence-corrected chi connectivity index (χ1v) is 5.24. The zero-order chi connectivity index (χ0) is 13.3. The van der Waals surface area contributed by atoms with Crippen LogP contribution >= 0.6 is 0 Å². The van der Waals surface area contributed by atoms with E-state index in [4.69, 9.17) is 0 Å². The molecule has 1 aliphatic rings. The first-order valence-electron chi connectivity index (χ1n) is 5.24. The Balaban J connectivity index is 2.31. The van der Waals surface area contributed by atoms with Crippen LogP contribution in [0.1, 0.15) is 10.5 Å². The zero-order valence-corrected chi connectivity index (χ0v) is 9.97. The summed E-state index contributed by atoms with van der Waals surface area (Å²) in [5.41, 5.74) is 5.29. The number of hydrogen-bond acceptors (Lipinski definition) is 5. The molecular weight excluding hydrogens is 243 g/mol. The molecule has 0 aromatic carbocycles. The molecule has 0 spiro atoms. The van der Waals surface area contributed by atoms with E-state index in [1.807, 2.05) is 0 Å². The van der Waals surface area contributed by atoms with Gasteiger partial charge in [0, 0.05) is 14.1 Å². The Morgan fingerprint density at radius 3 is 2.89 bits per heavy atom. The van der Waals surface area contributed by atoms with Gasteiger partial charge in [0.2, 0.25) is 0 Å². The summed E-state index contributed by atoms with van der Waals surface area (Å²) in [5, 5.41) is 1.05. The summed E-state index contributed by atoms with van der Waals surface area (Å²) in [6, 6.07) is -0.494. The molecule has 0 saturated carbocycles. The topological polar surface area (TPSA) is 82.5 Å². The van der Waals surface area contributed by atoms with Crippen molar-refractivity contribution in [1.29, 1.82) is 0 Å². The maximum Gasteiger partial charge on any atom is 0.346 e. The number of hydrogen-bond donors (Lipinski definition) is 2. The summed E-state index contributed by atoms with van der Waals surface area (Å²) in [5.74, 6) is -0.0846. The van der Waals surface area contributed by atoms with Gasteiger partial charge in [-0.15, -0.1) is 5.53 Å². The van der Waals surface area contributed by atoms with E-state index in [0.29, 0.717) is 0 Å². The molecule has 98 valence electrons. The Morgan fingerprint density at radius 2 is 2.28 bits per heavy atom. The van der Waals surface area contributed by atoms with Gasteiger partial charge in [-0.25, -0.2) is 23.7 Å². The van der Waals surface area contributed by atoms with Crippen molar-refractivity contribution in [3.8, 4) is 0 Å². The van der Waals surface area contributed by atoms with Gasteiger partial charge >= 0.3 is 6.03 Å². The van der Waals surface area contributed by atoms with Gasteiger partial charge in [0.1, 0.15) is 13.0 Å². The molecule has 0 bridgehead atoms. The normalized spacial score (nSPS) is 14.2. The number of fused-ring (bicyclic) bond motifs is 1. The highest BCUT2D eigenvalue weighted by Crippen LogP contribution is 2.18. The fraction of sp³-hybridized carbons (Fsp3) is 0.444. The molecule has 0 aliphatic carbocycles. The molecule has 2 N–H and O–H groups in total. The second kappa shape index (κ2) is 4.61. The Kier molecular flexibility index (Phi) is 3.15. The summed E-state index contributed by atoms with van der Waals surface area (Å²) in [6.45, 7) is -0.769. The maximum atomic E-state index is 12.2. The van der Waals surface area contributed by atoms with Crippen molar-refractivity contribution in [2.45, 2.75) is 0 Å². The number of rotatable bonds is 3. The van der Waals surface area contributed by atoms with Gasteiger partial charge in [0.15, 0.2) is 11.5 Å². The molecule has 1 aromatic heterocycles. The van der Waals surface area contributed by atoms with Gasteiger partial charge in [-0.05, 0) is 0 Å². The molecule has 0 fully saturated rings. The number of nitrogens with one attached hydrogen (secondary N) is 2. The number of nitrogens with zero attached hydrogens (tertiary/aromatic N) is 4. The summed E-state index contributed by atoms with van der Waals surface area (Å²) in [4.78, 5) is 28.9. The number of imidazole rings is 1. The second-order valence-corrected chi connectivity index (χ2v) is 3.87. The lowest BCUT2D eigenvalue weighted by Gasteiger charge is -2.28. The van der Waals surface area contributed by atoms with Crippen molar-refractivity contribution in [2.24, 2.45) is 0 Å². The Bertz CT molecular complexity index is 485. The Morgan fingerprint density at radius 1 is 1.56 bits per heavy atom. The maximum absolute atomic E-state index is 12.2. The summed E-state index contributed by atoms with van der Waals surface area (Å²) >= 11 is 0. The van der Waals surface area contributed by atoms with Crippen molar-refractivity contribution in [1.82, 2.24) is 25.0 Å². The number of alkyl halides is 1. The number of anilines is 1. The van der Waals surface area contributed by atoms with Crippen LogP contribution < -0.4 is 11.0 Å². The fourth-order valence-electron chi connectivity index (χ4n) is 1.52. The van der Waals surface area contributed by atoms with Crippen LogP contribution in [0.5, 0.6) is 0 Å². The first kappa shape index (κ1) is 12.3. The van der Waals surface area contributed by atoms with E-state index in [9.17, 15) is 14.0 Å². The van der Waals surface area contributed by atoms with Gasteiger partial charge in [-0.2, -0.15) is 0 Å². The highest BCUT2D eigenvalue weighted by Gasteiger charge is 2.29. The van der Waals surface area contributed by atoms with Gasteiger partial charge in [0.05, 0.1) is 6.54 Å². The smallest absolute Gasteiger partial charge is 0.343 e. The third-order valence-electron chi connectivity index (χ3n) is 2.43. The van der Waals surface area contributed by atoms with E-state index in [1.54, 1.807) is 14.1 Å². The molecule has 2 heterocycles. The largest absolute Gasteiger partial charge is 0.346 e. The van der Waals surface area contributed by atoms with Crippen LogP contribution in [-0.2, 0) is 0 Å². The summed E-state index contributed by atoms with van der Waals surface area (Å²) < 4.78 is 13.4. The molecule has 8 nitrogen and oxygen atoms in total. The predicted molar refractivity (Wildman–Crippen MR) is 60.5 cm³/mol. The fourth-order valence-corrected chi connectivity index (χ4v) is 1.52. The van der Waals surface area contributed by atoms with Crippen LogP contribution in [0.15, 0.2) is 6.33 Å². The SMILES string of the molecule is CN(C)C(=O)c1ncn2c1NNN(CCF)C2=O. The minimum atomic E-state index is -0.673. The van der Waals surface area contributed by atoms with E-state index in [0.717, 1.165) is 9.58 Å². The molecule has 2 amide bonds. The molecular formula is C9H13FN6O2. The molecule has 0 saturated heterocycles. The predicted octanol–water partition coefficient (Wildman–Crippen LogP) is -0.330. The average Bonchev–Trinajstić information content (AvgIpc) is 2.76. The Labute approximate surface area is 102 Å². The van der Waals surface area contributed by atoms with Gasteiger partial charge < -0.3 is 4.90 Å². The van der Waals surface area contributed by atoms with Crippen LogP contribution in [0.2, 0.25) is 0 Å². The summed E-state index contributed by atoms with van der Waals surface area (Å²) in [6.07, 6.45) is 1.23. The van der Waals surface area contributed by atoms with E-state index in [2.05, 4.69) is 15.9 Å². The molecule has 0 atom stereocenters. The van der Waals surface area contributed by atoms with E-state index < -0.39 is 12.7 Å². The standard InChI is InChI=1S/C9H13FN6O2/c1-14(2)8(17)6-7-12-13-16(4-3-10)9(18)15(7)5-11-6/h5,12-13H,3-4H2,1-2H3. The first-order chi connectivity index (χ1) is 8.56. The highest BCUT2D eigenvalue weighted by molar-refractivity contribution is 5.99. The van der Waals surface area contributed by atoms with Crippen LogP contribution in [0.3, 0.4) is 0 Å². The Hall–Kier alpha value is -2.16. The molecule has 1 aliphatic heterocycles. The lowest BCUT2D eigenvalue weighted by atomic mass is 10.4. The average molecular weight is 256 g/mol. The molecule has 2 rings (SSSR count). The minimum Gasteiger partial charge on any atom is -0.343 e. The van der Waals surface area contributed by atoms with Crippen molar-refractivity contribution in [2.75, 3.05) is 32.7 Å². The van der Waals surface area contributed by atoms with E-state index >= 15 is 0 Å². The van der Waals surface area contributed by atoms with Crippen LogP contribution in [0, 0.1) is 0 Å². The van der Waals surface area contributed by atoms with Gasteiger partial charge in [0.25, 0.3) is 5.91 Å². The van der Waals surface area contributed by atoms with E-state index in [1.165, 1.54) is 11.2 Å². The second-order valence-electron chi connectivity index (χ2n) is 3.87. The molecule has 0 radical (unpaired) electrons. The van der Waals surface area contributed by atoms with Gasteiger partial charge in [-0.3, -0.25) is 10.2 Å². The third-order valence-corrected chi connectivity index (χ3v) is 2.43. The number of hydrazine groups is 2. The molecule has 9 heteroatoms. The monoisotopic (exact) mass is 256 g/mol. The third kappa shape index (κ3) is 1.88. The highest BCUT2D eigenvalue weighted by atomic mass is 19.1. The lowest BCUT2D eigenvalue weighted by molar-refractivity contribution is 0.0823. The van der Waals surface area contributed by atoms with Gasteiger partial charge in [-0.1, -0.05) is 0 Å². The number of halogens is 1. The van der Waals surface area contributed by atoms with Crippen molar-refractivity contribution < 1.29 is 14.0 Å². The molecule has 1 aromatic rings. The zero-order valence-electron chi connectivity index (χ0n) is 9.97. The molecule has 18 heavy (non-hydrogen) atoms. The van der Waals surface area contributed by atoms with Crippen molar-refractivity contribution in [3.05, 3.63) is 12.0 Å². The number of carbonyl (C=O) groups excluding carboxylic acids is 2. The molecule has 0 unspecified atom stereocenters. The minimum absolute atomic E-state index is 0.0968.